The van der Waals surface area contributed by atoms with Crippen LogP contribution in [0.3, 0.4) is 0 Å². The number of benzene rings is 2. The Morgan fingerprint density at radius 2 is 1.87 bits per heavy atom. The van der Waals surface area contributed by atoms with Crippen molar-refractivity contribution in [2.45, 2.75) is 26.4 Å². The molecule has 0 unspecified atom stereocenters. The molecule has 1 aliphatic heterocycles. The fourth-order valence-corrected chi connectivity index (χ4v) is 4.92. The van der Waals surface area contributed by atoms with E-state index in [1.165, 1.54) is 30.3 Å². The summed E-state index contributed by atoms with van der Waals surface area (Å²) in [7, 11) is 1.51. The zero-order valence-corrected chi connectivity index (χ0v) is 25.3. The molecule has 0 saturated carbocycles. The maximum atomic E-state index is 13.6. The first-order valence-corrected chi connectivity index (χ1v) is 14.6. The quantitative estimate of drug-likeness (QED) is 0.314. The van der Waals surface area contributed by atoms with Gasteiger partial charge in [-0.1, -0.05) is 44.2 Å². The van der Waals surface area contributed by atoms with E-state index in [9.17, 15) is 19.5 Å². The van der Waals surface area contributed by atoms with Crippen molar-refractivity contribution in [2.75, 3.05) is 33.4 Å². The minimum atomic E-state index is -0.661. The number of fused-ring (bicyclic) bond motifs is 3. The Balaban J connectivity index is 1.54. The van der Waals surface area contributed by atoms with E-state index in [1.807, 2.05) is 44.2 Å². The molecule has 2 bridgehead atoms. The molecular formula is C32H35N7O6. The van der Waals surface area contributed by atoms with Gasteiger partial charge in [0, 0.05) is 30.4 Å². The van der Waals surface area contributed by atoms with Gasteiger partial charge in [-0.3, -0.25) is 14.4 Å². The van der Waals surface area contributed by atoms with Crippen LogP contribution in [0, 0.1) is 5.92 Å². The summed E-state index contributed by atoms with van der Waals surface area (Å²) in [6, 6.07) is 16.6. The van der Waals surface area contributed by atoms with Crippen molar-refractivity contribution in [1.29, 1.82) is 0 Å². The second-order valence-electron chi connectivity index (χ2n) is 10.7. The number of hydrogen-bond donors (Lipinski definition) is 3. The van der Waals surface area contributed by atoms with E-state index in [-0.39, 0.29) is 50.1 Å². The van der Waals surface area contributed by atoms with Gasteiger partial charge in [0.25, 0.3) is 11.8 Å². The molecule has 1 aliphatic rings. The number of ether oxygens (including phenoxy) is 2. The van der Waals surface area contributed by atoms with E-state index in [4.69, 9.17) is 19.6 Å². The van der Waals surface area contributed by atoms with Crippen LogP contribution in [0.25, 0.3) is 11.4 Å². The zero-order valence-electron chi connectivity index (χ0n) is 25.3. The molecule has 0 spiro atoms. The molecule has 0 aliphatic carbocycles. The summed E-state index contributed by atoms with van der Waals surface area (Å²) in [5.41, 5.74) is 0.926. The van der Waals surface area contributed by atoms with Gasteiger partial charge in [-0.05, 0) is 36.2 Å². The van der Waals surface area contributed by atoms with E-state index in [1.54, 1.807) is 22.9 Å². The van der Waals surface area contributed by atoms with Crippen LogP contribution >= 0.6 is 0 Å². The van der Waals surface area contributed by atoms with Crippen LogP contribution in [0.2, 0.25) is 0 Å². The maximum Gasteiger partial charge on any atom is 0.276 e. The molecule has 0 radical (unpaired) electrons. The Bertz CT molecular complexity index is 1670. The predicted octanol–water partition coefficient (Wildman–Crippen LogP) is 2.83. The average molecular weight is 614 g/mol. The van der Waals surface area contributed by atoms with Gasteiger partial charge in [-0.15, -0.1) is 0 Å². The van der Waals surface area contributed by atoms with Crippen molar-refractivity contribution in [2.24, 2.45) is 5.92 Å². The number of nitrogens with zero attached hydrogens (tertiary/aromatic N) is 5. The Morgan fingerprint density at radius 3 is 2.60 bits per heavy atom. The lowest BCUT2D eigenvalue weighted by atomic mass is 10.0. The molecule has 2 aromatic heterocycles. The average Bonchev–Trinajstić information content (AvgIpc) is 3.46. The van der Waals surface area contributed by atoms with Gasteiger partial charge < -0.3 is 30.1 Å². The third-order valence-electron chi connectivity index (χ3n) is 7.26. The number of carbonyl (C=O) groups is 3. The van der Waals surface area contributed by atoms with Crippen LogP contribution in [0.15, 0.2) is 66.9 Å². The zero-order chi connectivity index (χ0) is 31.9. The number of aromatic nitrogens is 4. The fourth-order valence-electron chi connectivity index (χ4n) is 4.92. The van der Waals surface area contributed by atoms with Crippen LogP contribution in [-0.2, 0) is 11.3 Å². The Hall–Kier alpha value is -5.46. The van der Waals surface area contributed by atoms with Crippen molar-refractivity contribution in [3.05, 3.63) is 83.9 Å². The van der Waals surface area contributed by atoms with Crippen molar-refractivity contribution in [3.63, 3.8) is 0 Å². The lowest BCUT2D eigenvalue weighted by Gasteiger charge is -2.26. The van der Waals surface area contributed by atoms with Gasteiger partial charge in [0.15, 0.2) is 28.8 Å². The highest BCUT2D eigenvalue weighted by Crippen LogP contribution is 2.29. The van der Waals surface area contributed by atoms with Crippen molar-refractivity contribution in [3.8, 4) is 28.6 Å². The molecule has 45 heavy (non-hydrogen) atoms. The van der Waals surface area contributed by atoms with Crippen LogP contribution < -0.4 is 20.1 Å². The third kappa shape index (κ3) is 7.20. The monoisotopic (exact) mass is 613 g/mol. The summed E-state index contributed by atoms with van der Waals surface area (Å²) in [5.74, 6) is -0.131. The number of hydrogen-bond acceptors (Lipinski definition) is 9. The Labute approximate surface area is 260 Å². The van der Waals surface area contributed by atoms with Gasteiger partial charge in [0.2, 0.25) is 5.91 Å². The number of methoxy groups -OCH3 is 1. The van der Waals surface area contributed by atoms with Crippen LogP contribution in [0.1, 0.15) is 46.6 Å². The van der Waals surface area contributed by atoms with Crippen LogP contribution in [-0.4, -0.2) is 80.8 Å². The van der Waals surface area contributed by atoms with Crippen molar-refractivity contribution in [1.82, 2.24) is 35.3 Å². The molecule has 4 aromatic rings. The topological polar surface area (TPSA) is 161 Å². The van der Waals surface area contributed by atoms with E-state index in [0.717, 1.165) is 5.56 Å². The lowest BCUT2D eigenvalue weighted by Crippen LogP contribution is -2.46. The first kappa shape index (κ1) is 31.0. The fraction of sp³-hybridized carbons (Fsp3) is 0.312. The van der Waals surface area contributed by atoms with E-state index in [2.05, 4.69) is 15.6 Å². The van der Waals surface area contributed by atoms with Gasteiger partial charge in [0.05, 0.1) is 26.2 Å². The normalized spacial score (nSPS) is 16.2. The second-order valence-corrected chi connectivity index (χ2v) is 10.7. The minimum absolute atomic E-state index is 0.0238. The standard InChI is InChI=1S/C32H35N7O6/c1-20(2)27-30-36-29(21-8-5-4-6-9-21)37-39(30)16-17-45-25-18-22(11-12-24(25)44-3)31(42)34-14-15-38(19-26(41)35-27)32(43)28-23(40)10-7-13-33-28/h4-13,18,20,27,40H,14-17,19H2,1-3H3,(H,34,42)(H,35,41)/t27-/m1/s1. The van der Waals surface area contributed by atoms with E-state index in [0.29, 0.717) is 28.7 Å². The smallest absolute Gasteiger partial charge is 0.276 e. The largest absolute Gasteiger partial charge is 0.505 e. The molecule has 13 heteroatoms. The van der Waals surface area contributed by atoms with E-state index < -0.39 is 23.8 Å². The highest BCUT2D eigenvalue weighted by molar-refractivity contribution is 5.97. The molecule has 0 fully saturated rings. The summed E-state index contributed by atoms with van der Waals surface area (Å²) in [4.78, 5) is 50.2. The molecular weight excluding hydrogens is 578 g/mol. The lowest BCUT2D eigenvalue weighted by molar-refractivity contribution is -0.123. The summed E-state index contributed by atoms with van der Waals surface area (Å²) in [6.07, 6.45) is 1.38. The first-order valence-electron chi connectivity index (χ1n) is 14.6. The number of pyridine rings is 1. The molecule has 2 aromatic carbocycles. The highest BCUT2D eigenvalue weighted by Gasteiger charge is 2.29. The Kier molecular flexibility index (Phi) is 9.56. The van der Waals surface area contributed by atoms with Gasteiger partial charge in [0.1, 0.15) is 12.4 Å². The minimum Gasteiger partial charge on any atom is -0.505 e. The van der Waals surface area contributed by atoms with Gasteiger partial charge in [-0.2, -0.15) is 5.10 Å². The van der Waals surface area contributed by atoms with Crippen LogP contribution in [0.4, 0.5) is 0 Å². The summed E-state index contributed by atoms with van der Waals surface area (Å²) >= 11 is 0. The Morgan fingerprint density at radius 1 is 1.07 bits per heavy atom. The molecule has 234 valence electrons. The molecule has 1 atom stereocenters. The molecule has 13 nitrogen and oxygen atoms in total. The summed E-state index contributed by atoms with van der Waals surface area (Å²) < 4.78 is 13.2. The maximum absolute atomic E-state index is 13.6. The second kappa shape index (κ2) is 13.9. The van der Waals surface area contributed by atoms with Gasteiger partial charge >= 0.3 is 0 Å². The number of amides is 3. The molecule has 0 saturated heterocycles. The molecule has 5 rings (SSSR count). The number of nitrogens with one attached hydrogen (secondary N) is 2. The summed E-state index contributed by atoms with van der Waals surface area (Å²) in [5, 5.41) is 20.9. The molecule has 3 heterocycles. The highest BCUT2D eigenvalue weighted by atomic mass is 16.5. The predicted molar refractivity (Wildman–Crippen MR) is 164 cm³/mol. The van der Waals surface area contributed by atoms with Crippen LogP contribution in [0.5, 0.6) is 17.2 Å². The molecule has 3 N–H and O–H groups in total. The first-order chi connectivity index (χ1) is 21.7. The molecule has 3 amide bonds. The summed E-state index contributed by atoms with van der Waals surface area (Å²) in [6.45, 7) is 3.98. The number of rotatable bonds is 4. The number of aromatic hydroxyl groups is 1. The van der Waals surface area contributed by atoms with E-state index >= 15 is 0 Å². The number of carbonyl (C=O) groups excluding carboxylic acids is 3. The van der Waals surface area contributed by atoms with Crippen molar-refractivity contribution >= 4 is 17.7 Å². The van der Waals surface area contributed by atoms with Gasteiger partial charge in [-0.25, -0.2) is 14.6 Å². The van der Waals surface area contributed by atoms with Crippen molar-refractivity contribution < 1.29 is 29.0 Å². The SMILES string of the molecule is COc1ccc2cc1OCCn1nc(-c3ccccc3)nc1[C@@H](C(C)C)NC(=O)CN(C(=O)c1ncccc1O)CCNC2=O. The third-order valence-corrected chi connectivity index (χ3v) is 7.26.